The number of amides is 1. The highest BCUT2D eigenvalue weighted by Gasteiger charge is 2.33. The maximum Gasteiger partial charge on any atom is 0.259 e. The van der Waals surface area contributed by atoms with Crippen molar-refractivity contribution < 1.29 is 4.79 Å². The molecule has 0 radical (unpaired) electrons. The Balaban J connectivity index is 1.77. The van der Waals surface area contributed by atoms with Crippen molar-refractivity contribution in [2.24, 2.45) is 0 Å². The van der Waals surface area contributed by atoms with E-state index in [2.05, 4.69) is 23.9 Å². The van der Waals surface area contributed by atoms with Gasteiger partial charge in [0.25, 0.3) is 5.91 Å². The van der Waals surface area contributed by atoms with Gasteiger partial charge in [0.05, 0.1) is 11.9 Å². The molecular formula is C20H22N4O. The Labute approximate surface area is 147 Å². The van der Waals surface area contributed by atoms with Crippen LogP contribution < -0.4 is 0 Å². The zero-order valence-electron chi connectivity index (χ0n) is 14.6. The van der Waals surface area contributed by atoms with E-state index in [1.54, 1.807) is 16.9 Å². The van der Waals surface area contributed by atoms with Gasteiger partial charge in [-0.2, -0.15) is 5.10 Å². The molecule has 1 aliphatic carbocycles. The van der Waals surface area contributed by atoms with Gasteiger partial charge in [-0.1, -0.05) is 30.3 Å². The lowest BCUT2D eigenvalue weighted by Crippen LogP contribution is -2.48. The van der Waals surface area contributed by atoms with E-state index >= 15 is 0 Å². The molecule has 2 aromatic heterocycles. The Bertz CT molecular complexity index is 896. The van der Waals surface area contributed by atoms with Crippen molar-refractivity contribution in [2.45, 2.75) is 45.2 Å². The summed E-state index contributed by atoms with van der Waals surface area (Å²) in [7, 11) is 0. The standard InChI is InChI=1S/C20H22N4O/c1-14(2)23(16-9-6-10-16)20(25)17-13-22-24-18(11-12-21-19(17)24)15-7-4-3-5-8-15/h3-5,7-8,11-14,16H,6,9-10H2,1-2H3. The molecule has 128 valence electrons. The number of rotatable bonds is 4. The second-order valence-corrected chi connectivity index (χ2v) is 6.88. The van der Waals surface area contributed by atoms with Crippen molar-refractivity contribution in [3.8, 4) is 11.3 Å². The van der Waals surface area contributed by atoms with Crippen molar-refractivity contribution in [1.82, 2.24) is 19.5 Å². The van der Waals surface area contributed by atoms with Gasteiger partial charge >= 0.3 is 0 Å². The summed E-state index contributed by atoms with van der Waals surface area (Å²) in [6, 6.07) is 12.5. The van der Waals surface area contributed by atoms with Crippen LogP contribution in [0.3, 0.4) is 0 Å². The second kappa shape index (κ2) is 6.31. The molecule has 0 N–H and O–H groups in total. The topological polar surface area (TPSA) is 50.5 Å². The summed E-state index contributed by atoms with van der Waals surface area (Å²) in [4.78, 5) is 19.6. The third kappa shape index (κ3) is 2.69. The molecule has 0 aliphatic heterocycles. The van der Waals surface area contributed by atoms with Crippen molar-refractivity contribution in [3.05, 3.63) is 54.4 Å². The van der Waals surface area contributed by atoms with Crippen LogP contribution in [0.15, 0.2) is 48.8 Å². The molecule has 1 saturated carbocycles. The van der Waals surface area contributed by atoms with E-state index in [1.807, 2.05) is 41.3 Å². The zero-order valence-corrected chi connectivity index (χ0v) is 14.6. The number of carbonyl (C=O) groups is 1. The number of carbonyl (C=O) groups excluding carboxylic acids is 1. The van der Waals surface area contributed by atoms with Crippen LogP contribution in [0.2, 0.25) is 0 Å². The van der Waals surface area contributed by atoms with E-state index in [9.17, 15) is 4.79 Å². The monoisotopic (exact) mass is 334 g/mol. The average molecular weight is 334 g/mol. The van der Waals surface area contributed by atoms with Gasteiger partial charge in [0.15, 0.2) is 5.65 Å². The summed E-state index contributed by atoms with van der Waals surface area (Å²) < 4.78 is 1.77. The van der Waals surface area contributed by atoms with Crippen molar-refractivity contribution in [2.75, 3.05) is 0 Å². The van der Waals surface area contributed by atoms with E-state index in [0.29, 0.717) is 17.3 Å². The molecule has 2 heterocycles. The Morgan fingerprint density at radius 1 is 1.20 bits per heavy atom. The average Bonchev–Trinajstić information content (AvgIpc) is 3.02. The molecule has 3 aromatic rings. The molecule has 1 aromatic carbocycles. The Morgan fingerprint density at radius 2 is 1.96 bits per heavy atom. The molecule has 0 unspecified atom stereocenters. The molecule has 1 fully saturated rings. The highest BCUT2D eigenvalue weighted by atomic mass is 16.2. The number of fused-ring (bicyclic) bond motifs is 1. The van der Waals surface area contributed by atoms with Crippen molar-refractivity contribution in [3.63, 3.8) is 0 Å². The first kappa shape index (κ1) is 15.8. The molecular weight excluding hydrogens is 312 g/mol. The summed E-state index contributed by atoms with van der Waals surface area (Å²) in [6.07, 6.45) is 6.79. The molecule has 0 saturated heterocycles. The summed E-state index contributed by atoms with van der Waals surface area (Å²) in [6.45, 7) is 4.15. The smallest absolute Gasteiger partial charge is 0.259 e. The maximum atomic E-state index is 13.2. The molecule has 1 amide bonds. The molecule has 5 heteroatoms. The number of hydrogen-bond donors (Lipinski definition) is 0. The van der Waals surface area contributed by atoms with Gasteiger partial charge < -0.3 is 4.90 Å². The van der Waals surface area contributed by atoms with E-state index in [1.165, 1.54) is 6.42 Å². The molecule has 0 bridgehead atoms. The first-order valence-corrected chi connectivity index (χ1v) is 8.87. The Kier molecular flexibility index (Phi) is 3.99. The number of benzene rings is 1. The molecule has 0 atom stereocenters. The normalized spacial score (nSPS) is 14.7. The maximum absolute atomic E-state index is 13.2. The van der Waals surface area contributed by atoms with E-state index < -0.39 is 0 Å². The Morgan fingerprint density at radius 3 is 2.60 bits per heavy atom. The summed E-state index contributed by atoms with van der Waals surface area (Å²) >= 11 is 0. The third-order valence-electron chi connectivity index (χ3n) is 4.96. The van der Waals surface area contributed by atoms with Crippen LogP contribution in [0.1, 0.15) is 43.5 Å². The fraction of sp³-hybridized carbons (Fsp3) is 0.350. The van der Waals surface area contributed by atoms with Crippen LogP contribution in [0, 0.1) is 0 Å². The van der Waals surface area contributed by atoms with E-state index in [-0.39, 0.29) is 11.9 Å². The van der Waals surface area contributed by atoms with E-state index in [0.717, 1.165) is 24.1 Å². The van der Waals surface area contributed by atoms with Crippen LogP contribution in [-0.2, 0) is 0 Å². The Hall–Kier alpha value is -2.69. The highest BCUT2D eigenvalue weighted by molar-refractivity contribution is 6.00. The number of hydrogen-bond acceptors (Lipinski definition) is 3. The third-order valence-corrected chi connectivity index (χ3v) is 4.96. The van der Waals surface area contributed by atoms with Crippen LogP contribution >= 0.6 is 0 Å². The lowest BCUT2D eigenvalue weighted by atomic mass is 9.90. The first-order chi connectivity index (χ1) is 12.2. The SMILES string of the molecule is CC(C)N(C(=O)c1cnn2c(-c3ccccc3)ccnc12)C1CCC1. The molecule has 4 rings (SSSR count). The minimum Gasteiger partial charge on any atom is -0.333 e. The lowest BCUT2D eigenvalue weighted by molar-refractivity contribution is 0.0491. The summed E-state index contributed by atoms with van der Waals surface area (Å²) in [5.41, 5.74) is 3.19. The quantitative estimate of drug-likeness (QED) is 0.729. The summed E-state index contributed by atoms with van der Waals surface area (Å²) in [5, 5.41) is 4.47. The van der Waals surface area contributed by atoms with Crippen LogP contribution in [0.5, 0.6) is 0 Å². The minimum atomic E-state index is 0.0346. The molecule has 5 nitrogen and oxygen atoms in total. The fourth-order valence-corrected chi connectivity index (χ4v) is 3.50. The number of nitrogens with zero attached hydrogens (tertiary/aromatic N) is 4. The van der Waals surface area contributed by atoms with Crippen LogP contribution in [0.4, 0.5) is 0 Å². The van der Waals surface area contributed by atoms with Gasteiger partial charge in [-0.15, -0.1) is 0 Å². The minimum absolute atomic E-state index is 0.0346. The van der Waals surface area contributed by atoms with Crippen LogP contribution in [-0.4, -0.2) is 37.5 Å². The lowest BCUT2D eigenvalue weighted by Gasteiger charge is -2.40. The van der Waals surface area contributed by atoms with Gasteiger partial charge in [0, 0.05) is 23.8 Å². The van der Waals surface area contributed by atoms with Crippen LogP contribution in [0.25, 0.3) is 16.9 Å². The predicted octanol–water partition coefficient (Wildman–Crippen LogP) is 3.80. The van der Waals surface area contributed by atoms with E-state index in [4.69, 9.17) is 0 Å². The highest BCUT2D eigenvalue weighted by Crippen LogP contribution is 2.29. The van der Waals surface area contributed by atoms with Gasteiger partial charge in [-0.05, 0) is 39.2 Å². The summed E-state index contributed by atoms with van der Waals surface area (Å²) in [5.74, 6) is 0.0346. The fourth-order valence-electron chi connectivity index (χ4n) is 3.50. The van der Waals surface area contributed by atoms with Crippen molar-refractivity contribution in [1.29, 1.82) is 0 Å². The van der Waals surface area contributed by atoms with Gasteiger partial charge in [-0.25, -0.2) is 9.50 Å². The van der Waals surface area contributed by atoms with Gasteiger partial charge in [-0.3, -0.25) is 4.79 Å². The van der Waals surface area contributed by atoms with Gasteiger partial charge in [0.1, 0.15) is 5.56 Å². The zero-order chi connectivity index (χ0) is 17.4. The predicted molar refractivity (Wildman–Crippen MR) is 97.4 cm³/mol. The molecule has 1 aliphatic rings. The largest absolute Gasteiger partial charge is 0.333 e. The first-order valence-electron chi connectivity index (χ1n) is 8.87. The van der Waals surface area contributed by atoms with Crippen molar-refractivity contribution >= 4 is 11.6 Å². The van der Waals surface area contributed by atoms with Gasteiger partial charge in [0.2, 0.25) is 0 Å². The number of aromatic nitrogens is 3. The second-order valence-electron chi connectivity index (χ2n) is 6.88. The molecule has 0 spiro atoms. The molecule has 25 heavy (non-hydrogen) atoms.